The Morgan fingerprint density at radius 2 is 1.75 bits per heavy atom. The maximum atomic E-state index is 5.95. The van der Waals surface area contributed by atoms with E-state index in [0.717, 1.165) is 25.3 Å². The van der Waals surface area contributed by atoms with E-state index in [4.69, 9.17) is 4.74 Å². The van der Waals surface area contributed by atoms with Gasteiger partial charge in [0.15, 0.2) is 0 Å². The first-order valence-corrected chi connectivity index (χ1v) is 9.81. The number of rotatable bonds is 8. The summed E-state index contributed by atoms with van der Waals surface area (Å²) in [4.78, 5) is 3.34. The van der Waals surface area contributed by atoms with Crippen LogP contribution >= 0.6 is 0 Å². The van der Waals surface area contributed by atoms with E-state index >= 15 is 0 Å². The number of ether oxygens (including phenoxy) is 1. The highest BCUT2D eigenvalue weighted by Crippen LogP contribution is 2.18. The topological polar surface area (TPSA) is 37.0 Å². The Hall–Kier alpha value is -3.04. The number of H-pyrrole nitrogens is 1. The summed E-state index contributed by atoms with van der Waals surface area (Å²) in [5.41, 5.74) is 6.26. The van der Waals surface area contributed by atoms with Crippen molar-refractivity contribution in [3.63, 3.8) is 0 Å². The van der Waals surface area contributed by atoms with Gasteiger partial charge >= 0.3 is 0 Å². The van der Waals surface area contributed by atoms with Gasteiger partial charge in [0.25, 0.3) is 0 Å². The monoisotopic (exact) mass is 370 g/mol. The summed E-state index contributed by atoms with van der Waals surface area (Å²) in [7, 11) is 0. The number of nitrogens with one attached hydrogen (secondary N) is 2. The van der Waals surface area contributed by atoms with Gasteiger partial charge in [-0.15, -0.1) is 0 Å². The standard InChI is InChI=1S/C25H26N2O/c1-19-9-11-20(12-10-19)18-28-23-6-4-5-21(15-23)16-26-14-13-22-17-27-25-8-3-2-7-24(22)25/h2-12,15,17,26-27H,13-14,16,18H2,1H3. The summed E-state index contributed by atoms with van der Waals surface area (Å²) in [5.74, 6) is 0.913. The molecular formula is C25H26N2O. The molecule has 0 bridgehead atoms. The predicted molar refractivity (Wildman–Crippen MR) is 116 cm³/mol. The molecule has 1 heterocycles. The number of hydrogen-bond donors (Lipinski definition) is 2. The van der Waals surface area contributed by atoms with Crippen LogP contribution in [0.15, 0.2) is 79.0 Å². The zero-order chi connectivity index (χ0) is 19.2. The minimum absolute atomic E-state index is 0.595. The van der Waals surface area contributed by atoms with Crippen molar-refractivity contribution >= 4 is 10.9 Å². The lowest BCUT2D eigenvalue weighted by Gasteiger charge is -2.09. The number of benzene rings is 3. The molecule has 0 amide bonds. The zero-order valence-electron chi connectivity index (χ0n) is 16.2. The molecule has 0 saturated carbocycles. The van der Waals surface area contributed by atoms with Gasteiger partial charge in [-0.2, -0.15) is 0 Å². The van der Waals surface area contributed by atoms with E-state index in [-0.39, 0.29) is 0 Å². The van der Waals surface area contributed by atoms with Crippen molar-refractivity contribution in [3.8, 4) is 5.75 Å². The van der Waals surface area contributed by atoms with Crippen LogP contribution in [0.1, 0.15) is 22.3 Å². The Labute approximate surface area is 166 Å². The quantitative estimate of drug-likeness (QED) is 0.408. The molecule has 28 heavy (non-hydrogen) atoms. The van der Waals surface area contributed by atoms with Gasteiger partial charge in [-0.25, -0.2) is 0 Å². The van der Waals surface area contributed by atoms with Crippen LogP contribution in [0.25, 0.3) is 10.9 Å². The summed E-state index contributed by atoms with van der Waals surface area (Å²) in [6, 6.07) is 25.2. The second kappa shape index (κ2) is 8.77. The molecule has 1 aromatic heterocycles. The van der Waals surface area contributed by atoms with E-state index in [9.17, 15) is 0 Å². The van der Waals surface area contributed by atoms with Crippen molar-refractivity contribution in [2.75, 3.05) is 6.54 Å². The van der Waals surface area contributed by atoms with Crippen LogP contribution in [0.3, 0.4) is 0 Å². The molecule has 3 heteroatoms. The smallest absolute Gasteiger partial charge is 0.120 e. The third-order valence-corrected chi connectivity index (χ3v) is 5.00. The molecule has 3 aromatic carbocycles. The third-order valence-electron chi connectivity index (χ3n) is 5.00. The average molecular weight is 370 g/mol. The number of aromatic amines is 1. The molecule has 4 aromatic rings. The minimum Gasteiger partial charge on any atom is -0.489 e. The average Bonchev–Trinajstić information content (AvgIpc) is 3.14. The molecule has 0 saturated heterocycles. The predicted octanol–water partition coefficient (Wildman–Crippen LogP) is 5.39. The second-order valence-corrected chi connectivity index (χ2v) is 7.21. The Balaban J connectivity index is 1.27. The van der Waals surface area contributed by atoms with Gasteiger partial charge in [-0.3, -0.25) is 0 Å². The lowest BCUT2D eigenvalue weighted by molar-refractivity contribution is 0.306. The molecule has 142 valence electrons. The SMILES string of the molecule is Cc1ccc(COc2cccc(CNCCc3c[nH]c4ccccc34)c2)cc1. The van der Waals surface area contributed by atoms with Gasteiger partial charge in [-0.05, 0) is 54.8 Å². The molecule has 0 spiro atoms. The van der Waals surface area contributed by atoms with Gasteiger partial charge < -0.3 is 15.0 Å². The Bertz CT molecular complexity index is 1030. The molecule has 2 N–H and O–H groups in total. The van der Waals surface area contributed by atoms with Crippen LogP contribution in [0.2, 0.25) is 0 Å². The fourth-order valence-electron chi connectivity index (χ4n) is 3.39. The highest BCUT2D eigenvalue weighted by atomic mass is 16.5. The Kier molecular flexibility index (Phi) is 5.74. The number of para-hydroxylation sites is 1. The molecule has 0 radical (unpaired) electrons. The van der Waals surface area contributed by atoms with Crippen LogP contribution in [0.4, 0.5) is 0 Å². The van der Waals surface area contributed by atoms with E-state index in [1.807, 2.05) is 6.07 Å². The molecule has 0 fully saturated rings. The van der Waals surface area contributed by atoms with Gasteiger partial charge in [-0.1, -0.05) is 60.2 Å². The molecule has 0 aliphatic carbocycles. The first-order valence-electron chi connectivity index (χ1n) is 9.81. The highest BCUT2D eigenvalue weighted by Gasteiger charge is 2.03. The lowest BCUT2D eigenvalue weighted by Crippen LogP contribution is -2.16. The normalized spacial score (nSPS) is 11.0. The van der Waals surface area contributed by atoms with Gasteiger partial charge in [0.1, 0.15) is 12.4 Å². The molecular weight excluding hydrogens is 344 g/mol. The van der Waals surface area contributed by atoms with Crippen LogP contribution in [-0.4, -0.2) is 11.5 Å². The molecule has 4 rings (SSSR count). The summed E-state index contributed by atoms with van der Waals surface area (Å²) in [5, 5.41) is 4.86. The van der Waals surface area contributed by atoms with Crippen molar-refractivity contribution in [1.29, 1.82) is 0 Å². The van der Waals surface area contributed by atoms with Crippen molar-refractivity contribution in [3.05, 3.63) is 101 Å². The van der Waals surface area contributed by atoms with E-state index in [1.165, 1.54) is 33.2 Å². The van der Waals surface area contributed by atoms with E-state index in [2.05, 4.69) is 90.2 Å². The first-order chi connectivity index (χ1) is 13.8. The number of fused-ring (bicyclic) bond motifs is 1. The van der Waals surface area contributed by atoms with Crippen molar-refractivity contribution < 1.29 is 4.74 Å². The van der Waals surface area contributed by atoms with Crippen LogP contribution < -0.4 is 10.1 Å². The highest BCUT2D eigenvalue weighted by molar-refractivity contribution is 5.83. The molecule has 0 unspecified atom stereocenters. The van der Waals surface area contributed by atoms with E-state index in [1.54, 1.807) is 0 Å². The summed E-state index contributed by atoms with van der Waals surface area (Å²) in [6.45, 7) is 4.47. The first kappa shape index (κ1) is 18.3. The number of hydrogen-bond acceptors (Lipinski definition) is 2. The Morgan fingerprint density at radius 3 is 2.64 bits per heavy atom. The van der Waals surface area contributed by atoms with E-state index < -0.39 is 0 Å². The number of aryl methyl sites for hydroxylation is 1. The largest absolute Gasteiger partial charge is 0.489 e. The third kappa shape index (κ3) is 4.62. The van der Waals surface area contributed by atoms with Gasteiger partial charge in [0.2, 0.25) is 0 Å². The maximum absolute atomic E-state index is 5.95. The van der Waals surface area contributed by atoms with Crippen molar-refractivity contribution in [2.45, 2.75) is 26.5 Å². The van der Waals surface area contributed by atoms with E-state index in [0.29, 0.717) is 6.61 Å². The number of aromatic nitrogens is 1. The minimum atomic E-state index is 0.595. The maximum Gasteiger partial charge on any atom is 0.120 e. The van der Waals surface area contributed by atoms with Crippen LogP contribution in [0, 0.1) is 6.92 Å². The molecule has 0 aliphatic heterocycles. The Morgan fingerprint density at radius 1 is 0.893 bits per heavy atom. The fraction of sp³-hybridized carbons (Fsp3) is 0.200. The summed E-state index contributed by atoms with van der Waals surface area (Å²) < 4.78 is 5.95. The molecule has 0 aliphatic rings. The van der Waals surface area contributed by atoms with Gasteiger partial charge in [0.05, 0.1) is 0 Å². The summed E-state index contributed by atoms with van der Waals surface area (Å²) >= 11 is 0. The molecule has 0 atom stereocenters. The fourth-order valence-corrected chi connectivity index (χ4v) is 3.39. The van der Waals surface area contributed by atoms with Crippen molar-refractivity contribution in [1.82, 2.24) is 10.3 Å². The molecule has 3 nitrogen and oxygen atoms in total. The van der Waals surface area contributed by atoms with Gasteiger partial charge in [0, 0.05) is 23.6 Å². The van der Waals surface area contributed by atoms with Crippen LogP contribution in [-0.2, 0) is 19.6 Å². The second-order valence-electron chi connectivity index (χ2n) is 7.21. The van der Waals surface area contributed by atoms with Crippen LogP contribution in [0.5, 0.6) is 5.75 Å². The van der Waals surface area contributed by atoms with Crippen molar-refractivity contribution in [2.24, 2.45) is 0 Å². The summed E-state index contributed by atoms with van der Waals surface area (Å²) in [6.07, 6.45) is 3.12. The lowest BCUT2D eigenvalue weighted by atomic mass is 10.1. The zero-order valence-corrected chi connectivity index (χ0v) is 16.2.